The van der Waals surface area contributed by atoms with E-state index in [4.69, 9.17) is 11.6 Å². The first-order valence-corrected chi connectivity index (χ1v) is 4.12. The smallest absolute Gasteiger partial charge is 0.403 e. The Morgan fingerprint density at radius 2 is 2.08 bits per heavy atom. The molecule has 0 aromatic carbocycles. The molecule has 0 radical (unpaired) electrons. The molecule has 0 fully saturated rings. The maximum absolute atomic E-state index is 11.7. The quantitative estimate of drug-likeness (QED) is 0.734. The van der Waals surface area contributed by atoms with Gasteiger partial charge in [-0.15, -0.1) is 13.2 Å². The minimum Gasteiger partial charge on any atom is -0.403 e. The number of hydrogen-bond acceptors (Lipinski definition) is 2. The maximum atomic E-state index is 11.7. The van der Waals surface area contributed by atoms with Crippen LogP contribution in [0.15, 0.2) is 16.9 Å². The molecule has 0 N–H and O–H groups in total. The van der Waals surface area contributed by atoms with Gasteiger partial charge in [-0.05, 0) is 22.0 Å². The first kappa shape index (κ1) is 10.6. The van der Waals surface area contributed by atoms with E-state index in [-0.39, 0.29) is 5.02 Å². The number of rotatable bonds is 1. The molecule has 7 heteroatoms. The Kier molecular flexibility index (Phi) is 3.02. The zero-order valence-electron chi connectivity index (χ0n) is 5.90. The number of nitrogens with zero attached hydrogens (tertiary/aromatic N) is 1. The Bertz CT molecular complexity index is 317. The first-order valence-electron chi connectivity index (χ1n) is 2.95. The van der Waals surface area contributed by atoms with Crippen LogP contribution in [0.5, 0.6) is 5.75 Å². The molecule has 2 nitrogen and oxygen atoms in total. The highest BCUT2D eigenvalue weighted by molar-refractivity contribution is 9.10. The summed E-state index contributed by atoms with van der Waals surface area (Å²) in [6.07, 6.45) is -3.86. The molecule has 0 spiro atoms. The van der Waals surface area contributed by atoms with Gasteiger partial charge in [0.1, 0.15) is 4.60 Å². The van der Waals surface area contributed by atoms with Gasteiger partial charge in [0.2, 0.25) is 0 Å². The summed E-state index contributed by atoms with van der Waals surface area (Å²) in [6, 6.07) is 1.21. The number of alkyl halides is 3. The molecule has 0 bridgehead atoms. The Balaban J connectivity index is 2.90. The van der Waals surface area contributed by atoms with Gasteiger partial charge in [0.25, 0.3) is 0 Å². The van der Waals surface area contributed by atoms with Crippen molar-refractivity contribution in [2.24, 2.45) is 0 Å². The van der Waals surface area contributed by atoms with Gasteiger partial charge >= 0.3 is 6.36 Å². The molecule has 1 aromatic heterocycles. The molecule has 72 valence electrons. The SMILES string of the molecule is FC(F)(F)Oc1cnc(Br)cc1Cl. The average molecular weight is 276 g/mol. The molecule has 1 rings (SSSR count). The van der Waals surface area contributed by atoms with E-state index in [1.807, 2.05) is 0 Å². The second-order valence-corrected chi connectivity index (χ2v) is 3.20. The summed E-state index contributed by atoms with van der Waals surface area (Å²) < 4.78 is 39.0. The number of halogens is 5. The van der Waals surface area contributed by atoms with Crippen molar-refractivity contribution in [3.8, 4) is 5.75 Å². The van der Waals surface area contributed by atoms with Crippen LogP contribution in [0.25, 0.3) is 0 Å². The molecule has 0 atom stereocenters. The molecule has 0 saturated carbocycles. The third-order valence-electron chi connectivity index (χ3n) is 1.01. The van der Waals surface area contributed by atoms with Gasteiger partial charge in [-0.3, -0.25) is 0 Å². The van der Waals surface area contributed by atoms with E-state index in [1.165, 1.54) is 6.07 Å². The minimum absolute atomic E-state index is 0.154. The monoisotopic (exact) mass is 275 g/mol. The van der Waals surface area contributed by atoms with Crippen molar-refractivity contribution in [1.29, 1.82) is 0 Å². The van der Waals surface area contributed by atoms with Gasteiger partial charge in [-0.2, -0.15) is 0 Å². The molecular formula is C6H2BrClF3NO. The van der Waals surface area contributed by atoms with Crippen molar-refractivity contribution in [3.05, 3.63) is 21.9 Å². The summed E-state index contributed by atoms with van der Waals surface area (Å²) in [4.78, 5) is 3.53. The summed E-state index contributed by atoms with van der Waals surface area (Å²) in [5, 5.41) is -0.154. The van der Waals surface area contributed by atoms with Crippen molar-refractivity contribution in [1.82, 2.24) is 4.98 Å². The first-order chi connectivity index (χ1) is 5.88. The van der Waals surface area contributed by atoms with E-state index in [2.05, 4.69) is 25.7 Å². The lowest BCUT2D eigenvalue weighted by molar-refractivity contribution is -0.274. The highest BCUT2D eigenvalue weighted by Gasteiger charge is 2.32. The van der Waals surface area contributed by atoms with Crippen molar-refractivity contribution in [3.63, 3.8) is 0 Å². The van der Waals surface area contributed by atoms with Crippen LogP contribution in [0, 0.1) is 0 Å². The number of ether oxygens (including phenoxy) is 1. The predicted molar refractivity (Wildman–Crippen MR) is 43.6 cm³/mol. The van der Waals surface area contributed by atoms with Crippen LogP contribution < -0.4 is 4.74 Å². The number of pyridine rings is 1. The molecule has 1 heterocycles. The molecule has 1 aromatic rings. The molecule has 0 aliphatic heterocycles. The molecule has 0 unspecified atom stereocenters. The molecule has 13 heavy (non-hydrogen) atoms. The largest absolute Gasteiger partial charge is 0.573 e. The Hall–Kier alpha value is -0.490. The average Bonchev–Trinajstić information content (AvgIpc) is 1.93. The predicted octanol–water partition coefficient (Wildman–Crippen LogP) is 3.40. The van der Waals surface area contributed by atoms with E-state index >= 15 is 0 Å². The lowest BCUT2D eigenvalue weighted by Crippen LogP contribution is -2.17. The van der Waals surface area contributed by atoms with E-state index in [9.17, 15) is 13.2 Å². The minimum atomic E-state index is -4.75. The third kappa shape index (κ3) is 3.40. The fraction of sp³-hybridized carbons (Fsp3) is 0.167. The topological polar surface area (TPSA) is 22.1 Å². The van der Waals surface area contributed by atoms with Crippen LogP contribution in [-0.4, -0.2) is 11.3 Å². The fourth-order valence-corrected chi connectivity index (χ4v) is 1.25. The van der Waals surface area contributed by atoms with Crippen LogP contribution in [0.2, 0.25) is 5.02 Å². The van der Waals surface area contributed by atoms with Crippen LogP contribution >= 0.6 is 27.5 Å². The summed E-state index contributed by atoms with van der Waals surface area (Å²) in [5.74, 6) is -0.516. The molecule has 0 aliphatic carbocycles. The fourth-order valence-electron chi connectivity index (χ4n) is 0.595. The summed E-state index contributed by atoms with van der Waals surface area (Å²) in [6.45, 7) is 0. The standard InChI is InChI=1S/C6H2BrClF3NO/c7-5-1-3(8)4(2-12-5)13-6(9,10)11/h1-2H. The second-order valence-electron chi connectivity index (χ2n) is 1.99. The van der Waals surface area contributed by atoms with Crippen LogP contribution in [-0.2, 0) is 0 Å². The third-order valence-corrected chi connectivity index (χ3v) is 1.74. The van der Waals surface area contributed by atoms with Crippen molar-refractivity contribution in [2.45, 2.75) is 6.36 Å². The van der Waals surface area contributed by atoms with Gasteiger partial charge in [0, 0.05) is 0 Å². The van der Waals surface area contributed by atoms with Crippen LogP contribution in [0.3, 0.4) is 0 Å². The Morgan fingerprint density at radius 3 is 2.54 bits per heavy atom. The van der Waals surface area contributed by atoms with E-state index in [0.29, 0.717) is 4.60 Å². The van der Waals surface area contributed by atoms with E-state index < -0.39 is 12.1 Å². The van der Waals surface area contributed by atoms with Crippen molar-refractivity contribution in [2.75, 3.05) is 0 Å². The summed E-state index contributed by atoms with van der Waals surface area (Å²) >= 11 is 8.38. The highest BCUT2D eigenvalue weighted by Crippen LogP contribution is 2.30. The summed E-state index contributed by atoms with van der Waals surface area (Å²) in [7, 11) is 0. The maximum Gasteiger partial charge on any atom is 0.573 e. The zero-order chi connectivity index (χ0) is 10.1. The van der Waals surface area contributed by atoms with Crippen LogP contribution in [0.4, 0.5) is 13.2 Å². The van der Waals surface area contributed by atoms with Gasteiger partial charge in [-0.1, -0.05) is 11.6 Å². The number of aromatic nitrogens is 1. The second kappa shape index (κ2) is 3.71. The Labute approximate surface area is 84.8 Å². The molecule has 0 saturated heterocycles. The van der Waals surface area contributed by atoms with Crippen LogP contribution in [0.1, 0.15) is 0 Å². The summed E-state index contributed by atoms with van der Waals surface area (Å²) in [5.41, 5.74) is 0. The van der Waals surface area contributed by atoms with E-state index in [1.54, 1.807) is 0 Å². The zero-order valence-corrected chi connectivity index (χ0v) is 8.24. The molecular weight excluding hydrogens is 274 g/mol. The normalized spacial score (nSPS) is 11.5. The highest BCUT2D eigenvalue weighted by atomic mass is 79.9. The van der Waals surface area contributed by atoms with Crippen molar-refractivity contribution < 1.29 is 17.9 Å². The lowest BCUT2D eigenvalue weighted by atomic mass is 10.5. The van der Waals surface area contributed by atoms with Gasteiger partial charge in [0.05, 0.1) is 11.2 Å². The molecule has 0 amide bonds. The van der Waals surface area contributed by atoms with Crippen molar-refractivity contribution >= 4 is 27.5 Å². The van der Waals surface area contributed by atoms with Gasteiger partial charge < -0.3 is 4.74 Å². The van der Waals surface area contributed by atoms with Gasteiger partial charge in [-0.25, -0.2) is 4.98 Å². The molecule has 0 aliphatic rings. The lowest BCUT2D eigenvalue weighted by Gasteiger charge is -2.09. The van der Waals surface area contributed by atoms with Gasteiger partial charge in [0.15, 0.2) is 5.75 Å². The number of hydrogen-bond donors (Lipinski definition) is 0. The Morgan fingerprint density at radius 1 is 1.46 bits per heavy atom. The van der Waals surface area contributed by atoms with E-state index in [0.717, 1.165) is 6.20 Å².